The Morgan fingerprint density at radius 2 is 2.05 bits per heavy atom. The van der Waals surface area contributed by atoms with Gasteiger partial charge in [-0.05, 0) is 44.4 Å². The number of alkyl halides is 3. The SMILES string of the molecule is CCC1CCC(C)N1c1ccc(C#N)c(C(F)(F)F)c1. The van der Waals surface area contributed by atoms with Gasteiger partial charge in [0.05, 0.1) is 17.2 Å². The second kappa shape index (κ2) is 5.35. The molecule has 2 rings (SSSR count). The van der Waals surface area contributed by atoms with Crippen LogP contribution in [0.5, 0.6) is 0 Å². The van der Waals surface area contributed by atoms with E-state index in [4.69, 9.17) is 5.26 Å². The van der Waals surface area contributed by atoms with E-state index in [0.29, 0.717) is 5.69 Å². The molecule has 5 heteroatoms. The first-order valence-electron chi connectivity index (χ1n) is 6.78. The molecular formula is C15H17F3N2. The van der Waals surface area contributed by atoms with E-state index < -0.39 is 11.7 Å². The van der Waals surface area contributed by atoms with Crippen molar-refractivity contribution in [3.05, 3.63) is 29.3 Å². The molecule has 1 fully saturated rings. The van der Waals surface area contributed by atoms with Gasteiger partial charge in [0.25, 0.3) is 0 Å². The second-order valence-electron chi connectivity index (χ2n) is 5.24. The molecule has 1 heterocycles. The maximum Gasteiger partial charge on any atom is 0.417 e. The van der Waals surface area contributed by atoms with Crippen molar-refractivity contribution in [1.29, 1.82) is 5.26 Å². The van der Waals surface area contributed by atoms with Gasteiger partial charge >= 0.3 is 6.18 Å². The number of nitriles is 1. The van der Waals surface area contributed by atoms with Crippen molar-refractivity contribution in [2.75, 3.05) is 4.90 Å². The third-order valence-corrected chi connectivity index (χ3v) is 3.98. The van der Waals surface area contributed by atoms with E-state index in [9.17, 15) is 13.2 Å². The predicted molar refractivity (Wildman–Crippen MR) is 71.4 cm³/mol. The molecule has 1 aliphatic heterocycles. The monoisotopic (exact) mass is 282 g/mol. The second-order valence-corrected chi connectivity index (χ2v) is 5.24. The lowest BCUT2D eigenvalue weighted by molar-refractivity contribution is -0.137. The van der Waals surface area contributed by atoms with Crippen molar-refractivity contribution in [2.45, 2.75) is 51.4 Å². The number of hydrogen-bond acceptors (Lipinski definition) is 2. The molecule has 0 spiro atoms. The minimum atomic E-state index is -4.49. The molecule has 108 valence electrons. The third kappa shape index (κ3) is 2.60. The summed E-state index contributed by atoms with van der Waals surface area (Å²) in [5.41, 5.74) is -0.597. The molecule has 1 aliphatic rings. The summed E-state index contributed by atoms with van der Waals surface area (Å²) in [6.07, 6.45) is -1.60. The fourth-order valence-electron chi connectivity index (χ4n) is 2.96. The topological polar surface area (TPSA) is 27.0 Å². The Hall–Kier alpha value is -1.70. The number of anilines is 1. The van der Waals surface area contributed by atoms with Gasteiger partial charge in [0.1, 0.15) is 0 Å². The van der Waals surface area contributed by atoms with E-state index >= 15 is 0 Å². The Morgan fingerprint density at radius 1 is 1.35 bits per heavy atom. The molecule has 0 radical (unpaired) electrons. The zero-order valence-electron chi connectivity index (χ0n) is 11.5. The van der Waals surface area contributed by atoms with Crippen molar-refractivity contribution in [2.24, 2.45) is 0 Å². The molecule has 2 atom stereocenters. The van der Waals surface area contributed by atoms with Crippen LogP contribution in [0, 0.1) is 11.3 Å². The molecule has 2 unspecified atom stereocenters. The standard InChI is InChI=1S/C15H17F3N2/c1-3-12-6-4-10(2)20(12)13-7-5-11(9-19)14(8-13)15(16,17)18/h5,7-8,10,12H,3-4,6H2,1-2H3. The molecular weight excluding hydrogens is 265 g/mol. The minimum absolute atomic E-state index is 0.231. The van der Waals surface area contributed by atoms with E-state index in [0.717, 1.165) is 25.3 Å². The first kappa shape index (κ1) is 14.7. The zero-order chi connectivity index (χ0) is 14.9. The first-order valence-corrected chi connectivity index (χ1v) is 6.78. The number of rotatable bonds is 2. The highest BCUT2D eigenvalue weighted by molar-refractivity contribution is 5.56. The molecule has 1 aromatic rings. The summed E-state index contributed by atoms with van der Waals surface area (Å²) in [5, 5.41) is 8.82. The van der Waals surface area contributed by atoms with Crippen molar-refractivity contribution in [1.82, 2.24) is 0 Å². The summed E-state index contributed by atoms with van der Waals surface area (Å²) in [7, 11) is 0. The van der Waals surface area contributed by atoms with Gasteiger partial charge in [0.15, 0.2) is 0 Å². The van der Waals surface area contributed by atoms with Gasteiger partial charge in [-0.1, -0.05) is 6.92 Å². The van der Waals surface area contributed by atoms with Crippen LogP contribution in [0.15, 0.2) is 18.2 Å². The van der Waals surface area contributed by atoms with E-state index in [-0.39, 0.29) is 17.6 Å². The van der Waals surface area contributed by atoms with E-state index in [1.165, 1.54) is 6.07 Å². The Labute approximate surface area is 116 Å². The average molecular weight is 282 g/mol. The molecule has 0 aromatic heterocycles. The summed E-state index contributed by atoms with van der Waals surface area (Å²) in [6.45, 7) is 4.07. The number of benzene rings is 1. The summed E-state index contributed by atoms with van der Waals surface area (Å²) in [6, 6.07) is 6.14. The fourth-order valence-corrected chi connectivity index (χ4v) is 2.96. The lowest BCUT2D eigenvalue weighted by Crippen LogP contribution is -2.34. The third-order valence-electron chi connectivity index (χ3n) is 3.98. The highest BCUT2D eigenvalue weighted by Crippen LogP contribution is 2.38. The van der Waals surface area contributed by atoms with Crippen LogP contribution in [0.3, 0.4) is 0 Å². The summed E-state index contributed by atoms with van der Waals surface area (Å²) >= 11 is 0. The van der Waals surface area contributed by atoms with Crippen LogP contribution in [-0.4, -0.2) is 12.1 Å². The molecule has 0 N–H and O–H groups in total. The van der Waals surface area contributed by atoms with Gasteiger partial charge in [0.2, 0.25) is 0 Å². The molecule has 20 heavy (non-hydrogen) atoms. The van der Waals surface area contributed by atoms with Gasteiger partial charge in [-0.15, -0.1) is 0 Å². The van der Waals surface area contributed by atoms with E-state index in [1.54, 1.807) is 12.1 Å². The molecule has 2 nitrogen and oxygen atoms in total. The molecule has 0 aliphatic carbocycles. The van der Waals surface area contributed by atoms with E-state index in [1.807, 2.05) is 13.8 Å². The lowest BCUT2D eigenvalue weighted by Gasteiger charge is -2.31. The lowest BCUT2D eigenvalue weighted by atomic mass is 10.1. The Bertz CT molecular complexity index is 531. The molecule has 0 bridgehead atoms. The van der Waals surface area contributed by atoms with Crippen LogP contribution in [0.25, 0.3) is 0 Å². The fraction of sp³-hybridized carbons (Fsp3) is 0.533. The van der Waals surface area contributed by atoms with Gasteiger partial charge < -0.3 is 4.90 Å². The smallest absolute Gasteiger partial charge is 0.366 e. The highest BCUT2D eigenvalue weighted by Gasteiger charge is 2.36. The summed E-state index contributed by atoms with van der Waals surface area (Å²) < 4.78 is 39.0. The molecule has 0 amide bonds. The van der Waals surface area contributed by atoms with Gasteiger partial charge in [-0.2, -0.15) is 18.4 Å². The van der Waals surface area contributed by atoms with Crippen molar-refractivity contribution < 1.29 is 13.2 Å². The Morgan fingerprint density at radius 3 is 2.60 bits per heavy atom. The Kier molecular flexibility index (Phi) is 3.94. The van der Waals surface area contributed by atoms with Gasteiger partial charge in [-0.25, -0.2) is 0 Å². The summed E-state index contributed by atoms with van der Waals surface area (Å²) in [4.78, 5) is 2.05. The quantitative estimate of drug-likeness (QED) is 0.806. The normalized spacial score (nSPS) is 22.9. The molecule has 1 saturated heterocycles. The Balaban J connectivity index is 2.46. The van der Waals surface area contributed by atoms with Crippen LogP contribution in [0.2, 0.25) is 0 Å². The number of halogens is 3. The van der Waals surface area contributed by atoms with Crippen LogP contribution in [-0.2, 0) is 6.18 Å². The maximum absolute atomic E-state index is 13.0. The molecule has 1 aromatic carbocycles. The van der Waals surface area contributed by atoms with Crippen molar-refractivity contribution in [3.63, 3.8) is 0 Å². The van der Waals surface area contributed by atoms with Gasteiger partial charge in [0, 0.05) is 17.8 Å². The summed E-state index contributed by atoms with van der Waals surface area (Å²) in [5.74, 6) is 0. The van der Waals surface area contributed by atoms with Crippen LogP contribution in [0.4, 0.5) is 18.9 Å². The molecule has 0 saturated carbocycles. The highest BCUT2D eigenvalue weighted by atomic mass is 19.4. The number of nitrogens with zero attached hydrogens (tertiary/aromatic N) is 2. The van der Waals surface area contributed by atoms with Crippen molar-refractivity contribution >= 4 is 5.69 Å². The number of hydrogen-bond donors (Lipinski definition) is 0. The average Bonchev–Trinajstić information content (AvgIpc) is 2.78. The first-order chi connectivity index (χ1) is 9.38. The van der Waals surface area contributed by atoms with E-state index in [2.05, 4.69) is 4.90 Å². The van der Waals surface area contributed by atoms with Crippen LogP contribution >= 0.6 is 0 Å². The van der Waals surface area contributed by atoms with Gasteiger partial charge in [-0.3, -0.25) is 0 Å². The zero-order valence-corrected chi connectivity index (χ0v) is 11.5. The van der Waals surface area contributed by atoms with Crippen molar-refractivity contribution in [3.8, 4) is 6.07 Å². The predicted octanol–water partition coefficient (Wildman–Crippen LogP) is 4.34. The van der Waals surface area contributed by atoms with Crippen LogP contribution < -0.4 is 4.90 Å². The minimum Gasteiger partial charge on any atom is -0.366 e. The van der Waals surface area contributed by atoms with Crippen LogP contribution in [0.1, 0.15) is 44.2 Å². The largest absolute Gasteiger partial charge is 0.417 e. The maximum atomic E-state index is 13.0.